The molecule has 0 spiro atoms. The zero-order valence-electron chi connectivity index (χ0n) is 11.6. The number of aliphatic hydroxyl groups excluding tert-OH is 1. The van der Waals surface area contributed by atoms with E-state index in [1.54, 1.807) is 23.1 Å². The number of carbonyl (C=O) groups is 1. The van der Waals surface area contributed by atoms with Crippen LogP contribution in [0.4, 0.5) is 0 Å². The van der Waals surface area contributed by atoms with Crippen LogP contribution in [-0.2, 0) is 4.79 Å². The van der Waals surface area contributed by atoms with Crippen molar-refractivity contribution in [3.8, 4) is 5.75 Å². The quantitative estimate of drug-likeness (QED) is 0.840. The number of benzene rings is 1. The van der Waals surface area contributed by atoms with Gasteiger partial charge < -0.3 is 14.7 Å². The number of amides is 1. The summed E-state index contributed by atoms with van der Waals surface area (Å²) in [6, 6.07) is 5.02. The highest BCUT2D eigenvalue weighted by molar-refractivity contribution is 6.42. The van der Waals surface area contributed by atoms with Gasteiger partial charge in [0.25, 0.3) is 0 Å². The smallest absolute Gasteiger partial charge is 0.226 e. The molecule has 0 aliphatic rings. The molecule has 0 heterocycles. The number of carbonyl (C=O) groups excluding carboxylic acids is 1. The van der Waals surface area contributed by atoms with E-state index in [-0.39, 0.29) is 31.6 Å². The third-order valence-corrected chi connectivity index (χ3v) is 3.50. The van der Waals surface area contributed by atoms with Gasteiger partial charge in [-0.05, 0) is 26.0 Å². The number of nitrogens with zero attached hydrogens (tertiary/aromatic N) is 1. The topological polar surface area (TPSA) is 49.8 Å². The van der Waals surface area contributed by atoms with Crippen LogP contribution in [0, 0.1) is 0 Å². The maximum absolute atomic E-state index is 12.0. The highest BCUT2D eigenvalue weighted by atomic mass is 35.5. The van der Waals surface area contributed by atoms with E-state index in [1.807, 2.05) is 13.8 Å². The monoisotopic (exact) mass is 319 g/mol. The van der Waals surface area contributed by atoms with E-state index in [1.165, 1.54) is 0 Å². The molecule has 6 heteroatoms. The van der Waals surface area contributed by atoms with Gasteiger partial charge in [0.2, 0.25) is 5.91 Å². The van der Waals surface area contributed by atoms with Crippen molar-refractivity contribution in [2.24, 2.45) is 0 Å². The Morgan fingerprint density at radius 3 is 2.60 bits per heavy atom. The molecule has 0 aliphatic carbocycles. The first kappa shape index (κ1) is 17.1. The summed E-state index contributed by atoms with van der Waals surface area (Å²) >= 11 is 11.7. The lowest BCUT2D eigenvalue weighted by molar-refractivity contribution is -0.133. The summed E-state index contributed by atoms with van der Waals surface area (Å²) in [5.74, 6) is 0.527. The normalized spacial score (nSPS) is 10.7. The molecule has 0 saturated carbocycles. The van der Waals surface area contributed by atoms with Crippen LogP contribution in [0.2, 0.25) is 10.0 Å². The summed E-state index contributed by atoms with van der Waals surface area (Å²) in [5.41, 5.74) is 0. The van der Waals surface area contributed by atoms with Gasteiger partial charge in [-0.3, -0.25) is 4.79 Å². The van der Waals surface area contributed by atoms with Gasteiger partial charge in [0, 0.05) is 18.7 Å². The van der Waals surface area contributed by atoms with E-state index >= 15 is 0 Å². The molecule has 112 valence electrons. The molecule has 0 unspecified atom stereocenters. The Bertz CT molecular complexity index is 452. The minimum Gasteiger partial charge on any atom is -0.493 e. The average molecular weight is 320 g/mol. The van der Waals surface area contributed by atoms with Crippen LogP contribution >= 0.6 is 23.2 Å². The molecule has 0 aliphatic heterocycles. The molecule has 0 saturated heterocycles. The number of rotatable bonds is 7. The Morgan fingerprint density at radius 1 is 1.35 bits per heavy atom. The number of hydrogen-bond acceptors (Lipinski definition) is 3. The molecule has 1 aromatic rings. The van der Waals surface area contributed by atoms with Gasteiger partial charge >= 0.3 is 0 Å². The lowest BCUT2D eigenvalue weighted by Crippen LogP contribution is -2.39. The minimum absolute atomic E-state index is 0.0441. The predicted octanol–water partition coefficient (Wildman–Crippen LogP) is 2.99. The Labute approximate surface area is 129 Å². The van der Waals surface area contributed by atoms with Crippen LogP contribution < -0.4 is 4.74 Å². The largest absolute Gasteiger partial charge is 0.493 e. The van der Waals surface area contributed by atoms with Crippen molar-refractivity contribution in [1.82, 2.24) is 4.90 Å². The average Bonchev–Trinajstić information content (AvgIpc) is 2.39. The second-order valence-electron chi connectivity index (χ2n) is 4.58. The first-order valence-electron chi connectivity index (χ1n) is 6.44. The molecule has 4 nitrogen and oxygen atoms in total. The first-order valence-corrected chi connectivity index (χ1v) is 7.19. The fourth-order valence-corrected chi connectivity index (χ4v) is 2.03. The number of aliphatic hydroxyl groups is 1. The van der Waals surface area contributed by atoms with Gasteiger partial charge in [0.1, 0.15) is 5.75 Å². The maximum Gasteiger partial charge on any atom is 0.226 e. The third kappa shape index (κ3) is 5.19. The van der Waals surface area contributed by atoms with Crippen LogP contribution in [0.25, 0.3) is 0 Å². The molecule has 0 fully saturated rings. The second-order valence-corrected chi connectivity index (χ2v) is 5.39. The third-order valence-electron chi connectivity index (χ3n) is 2.76. The zero-order chi connectivity index (χ0) is 15.1. The number of hydrogen-bond donors (Lipinski definition) is 1. The standard InChI is InChI=1S/C14H19Cl2NO3/c1-10(2)17(6-7-18)14(19)5-8-20-11-3-4-12(15)13(16)9-11/h3-4,9-10,18H,5-8H2,1-2H3. The SMILES string of the molecule is CC(C)N(CCO)C(=O)CCOc1ccc(Cl)c(Cl)c1. The number of halogens is 2. The maximum atomic E-state index is 12.0. The van der Waals surface area contributed by atoms with Crippen molar-refractivity contribution >= 4 is 29.1 Å². The van der Waals surface area contributed by atoms with Crippen LogP contribution in [0.5, 0.6) is 5.75 Å². The van der Waals surface area contributed by atoms with Crippen molar-refractivity contribution in [2.75, 3.05) is 19.8 Å². The summed E-state index contributed by atoms with van der Waals surface area (Å²) in [6.45, 7) is 4.37. The molecule has 20 heavy (non-hydrogen) atoms. The molecule has 0 atom stereocenters. The molecule has 1 aromatic carbocycles. The summed E-state index contributed by atoms with van der Waals surface area (Å²) in [4.78, 5) is 13.6. The fourth-order valence-electron chi connectivity index (χ4n) is 1.75. The Kier molecular flexibility index (Phi) is 7.13. The van der Waals surface area contributed by atoms with Crippen molar-refractivity contribution in [2.45, 2.75) is 26.3 Å². The highest BCUT2D eigenvalue weighted by Crippen LogP contribution is 2.26. The van der Waals surface area contributed by atoms with Crippen molar-refractivity contribution < 1.29 is 14.6 Å². The molecular formula is C14H19Cl2NO3. The summed E-state index contributed by atoms with van der Waals surface area (Å²) < 4.78 is 5.47. The van der Waals surface area contributed by atoms with Crippen LogP contribution in [-0.4, -0.2) is 41.7 Å². The lowest BCUT2D eigenvalue weighted by Gasteiger charge is -2.25. The van der Waals surface area contributed by atoms with E-state index in [0.29, 0.717) is 22.3 Å². The highest BCUT2D eigenvalue weighted by Gasteiger charge is 2.16. The fraction of sp³-hybridized carbons (Fsp3) is 0.500. The van der Waals surface area contributed by atoms with Crippen molar-refractivity contribution in [1.29, 1.82) is 0 Å². The van der Waals surface area contributed by atoms with E-state index in [4.69, 9.17) is 33.0 Å². The van der Waals surface area contributed by atoms with Gasteiger partial charge in [-0.25, -0.2) is 0 Å². The van der Waals surface area contributed by atoms with Gasteiger partial charge in [-0.2, -0.15) is 0 Å². The summed E-state index contributed by atoms with van der Waals surface area (Å²) in [6.07, 6.45) is 0.248. The molecule has 0 radical (unpaired) electrons. The Balaban J connectivity index is 2.46. The van der Waals surface area contributed by atoms with Crippen LogP contribution in [0.15, 0.2) is 18.2 Å². The minimum atomic E-state index is -0.0471. The molecule has 1 amide bonds. The zero-order valence-corrected chi connectivity index (χ0v) is 13.1. The van der Waals surface area contributed by atoms with Crippen LogP contribution in [0.1, 0.15) is 20.3 Å². The van der Waals surface area contributed by atoms with Gasteiger partial charge in [0.05, 0.1) is 29.7 Å². The molecule has 1 rings (SSSR count). The Morgan fingerprint density at radius 2 is 2.05 bits per heavy atom. The van der Waals surface area contributed by atoms with Crippen LogP contribution in [0.3, 0.4) is 0 Å². The van der Waals surface area contributed by atoms with E-state index in [9.17, 15) is 4.79 Å². The first-order chi connectivity index (χ1) is 9.45. The van der Waals surface area contributed by atoms with E-state index < -0.39 is 0 Å². The van der Waals surface area contributed by atoms with E-state index in [2.05, 4.69) is 0 Å². The van der Waals surface area contributed by atoms with Crippen molar-refractivity contribution in [3.05, 3.63) is 28.2 Å². The summed E-state index contributed by atoms with van der Waals surface area (Å²) in [7, 11) is 0. The van der Waals surface area contributed by atoms with Gasteiger partial charge in [0.15, 0.2) is 0 Å². The second kappa shape index (κ2) is 8.35. The summed E-state index contributed by atoms with van der Waals surface area (Å²) in [5, 5.41) is 9.82. The molecule has 0 bridgehead atoms. The van der Waals surface area contributed by atoms with Gasteiger partial charge in [-0.15, -0.1) is 0 Å². The molecular weight excluding hydrogens is 301 g/mol. The molecule has 0 aromatic heterocycles. The van der Waals surface area contributed by atoms with Crippen molar-refractivity contribution in [3.63, 3.8) is 0 Å². The van der Waals surface area contributed by atoms with E-state index in [0.717, 1.165) is 0 Å². The number of ether oxygens (including phenoxy) is 1. The Hall–Kier alpha value is -0.970. The predicted molar refractivity (Wildman–Crippen MR) is 80.5 cm³/mol. The van der Waals surface area contributed by atoms with Gasteiger partial charge in [-0.1, -0.05) is 23.2 Å². The molecule has 1 N–H and O–H groups in total. The lowest BCUT2D eigenvalue weighted by atomic mass is 10.2.